The van der Waals surface area contributed by atoms with Crippen molar-refractivity contribution >= 4 is 22.7 Å². The summed E-state index contributed by atoms with van der Waals surface area (Å²) in [5.74, 6) is -1.20. The number of carboxylic acids is 1. The zero-order valence-electron chi connectivity index (χ0n) is 9.96. The maximum absolute atomic E-state index is 11.8. The lowest BCUT2D eigenvalue weighted by Crippen LogP contribution is -2.17. The van der Waals surface area contributed by atoms with Gasteiger partial charge in [0.05, 0.1) is 6.42 Å². The third kappa shape index (κ3) is 4.29. The lowest BCUT2D eigenvalue weighted by atomic mass is 10.1. The van der Waals surface area contributed by atoms with Gasteiger partial charge in [0.25, 0.3) is 0 Å². The normalized spacial score (nSPS) is 13.8. The zero-order valence-corrected chi connectivity index (χ0v) is 10.8. The minimum absolute atomic E-state index is 0.119. The second kappa shape index (κ2) is 6.30. The summed E-state index contributed by atoms with van der Waals surface area (Å²) >= 11 is 0. The van der Waals surface area contributed by atoms with Crippen molar-refractivity contribution in [3.8, 4) is 0 Å². The molecule has 0 aliphatic rings. The van der Waals surface area contributed by atoms with Gasteiger partial charge in [0, 0.05) is 27.4 Å². The molecule has 1 aromatic rings. The molecular weight excluding hydrogens is 254 g/mol. The predicted octanol–water partition coefficient (Wildman–Crippen LogP) is 0.897. The molecule has 0 spiro atoms. The quantitative estimate of drug-likeness (QED) is 0.801. The van der Waals surface area contributed by atoms with Crippen LogP contribution in [0.5, 0.6) is 0 Å². The molecule has 0 radical (unpaired) electrons. The van der Waals surface area contributed by atoms with E-state index in [0.29, 0.717) is 5.56 Å². The SMILES string of the molecule is CC(CC(=O)O)S(=O)Cc1ccc(C(N)=O)cc1. The second-order valence-corrected chi connectivity index (χ2v) is 5.85. The Labute approximate surface area is 107 Å². The fourth-order valence-corrected chi connectivity index (χ4v) is 2.54. The maximum atomic E-state index is 11.8. The highest BCUT2D eigenvalue weighted by Crippen LogP contribution is 2.11. The Bertz CT molecular complexity index is 469. The number of rotatable bonds is 6. The number of carboxylic acid groups (broad SMARTS) is 1. The van der Waals surface area contributed by atoms with E-state index in [1.165, 1.54) is 0 Å². The molecule has 0 bridgehead atoms. The van der Waals surface area contributed by atoms with Gasteiger partial charge < -0.3 is 10.8 Å². The monoisotopic (exact) mass is 269 g/mol. The lowest BCUT2D eigenvalue weighted by molar-refractivity contribution is -0.136. The predicted molar refractivity (Wildman–Crippen MR) is 68.5 cm³/mol. The van der Waals surface area contributed by atoms with Crippen LogP contribution < -0.4 is 5.73 Å². The van der Waals surface area contributed by atoms with E-state index in [9.17, 15) is 13.8 Å². The van der Waals surface area contributed by atoms with Crippen LogP contribution in [0, 0.1) is 0 Å². The number of carbonyl (C=O) groups is 2. The van der Waals surface area contributed by atoms with E-state index in [2.05, 4.69) is 0 Å². The number of amides is 1. The van der Waals surface area contributed by atoms with Crippen molar-refractivity contribution in [1.82, 2.24) is 0 Å². The standard InChI is InChI=1S/C12H15NO4S/c1-8(6-11(14)15)18(17)7-9-2-4-10(5-3-9)12(13)16/h2-5,8H,6-7H2,1H3,(H2,13,16)(H,14,15). The number of hydrogen-bond donors (Lipinski definition) is 2. The van der Waals surface area contributed by atoms with Gasteiger partial charge in [-0.2, -0.15) is 0 Å². The van der Waals surface area contributed by atoms with E-state index < -0.39 is 27.9 Å². The molecule has 3 N–H and O–H groups in total. The van der Waals surface area contributed by atoms with Crippen LogP contribution in [-0.2, 0) is 21.3 Å². The number of hydrogen-bond acceptors (Lipinski definition) is 3. The van der Waals surface area contributed by atoms with Gasteiger partial charge in [0.1, 0.15) is 0 Å². The Hall–Kier alpha value is -1.69. The summed E-state index contributed by atoms with van der Waals surface area (Å²) in [5, 5.41) is 8.21. The summed E-state index contributed by atoms with van der Waals surface area (Å²) in [6, 6.07) is 6.48. The number of nitrogens with two attached hydrogens (primary N) is 1. The molecule has 2 unspecified atom stereocenters. The summed E-state index contributed by atoms with van der Waals surface area (Å²) in [6.45, 7) is 1.64. The van der Waals surface area contributed by atoms with E-state index in [1.807, 2.05) is 0 Å². The molecule has 0 aliphatic carbocycles. The van der Waals surface area contributed by atoms with E-state index in [1.54, 1.807) is 31.2 Å². The molecule has 0 saturated heterocycles. The van der Waals surface area contributed by atoms with Gasteiger partial charge in [0.15, 0.2) is 0 Å². The number of carbonyl (C=O) groups excluding carboxylic acids is 1. The average Bonchev–Trinajstić information content (AvgIpc) is 2.28. The minimum atomic E-state index is -1.25. The smallest absolute Gasteiger partial charge is 0.304 e. The Balaban J connectivity index is 2.64. The third-order valence-corrected chi connectivity index (χ3v) is 4.14. The molecule has 1 aromatic carbocycles. The highest BCUT2D eigenvalue weighted by Gasteiger charge is 2.15. The molecule has 1 rings (SSSR count). The first-order valence-corrected chi connectivity index (χ1v) is 6.76. The van der Waals surface area contributed by atoms with E-state index in [4.69, 9.17) is 10.8 Å². The fourth-order valence-electron chi connectivity index (χ4n) is 1.41. The highest BCUT2D eigenvalue weighted by molar-refractivity contribution is 7.84. The molecular formula is C12H15NO4S. The van der Waals surface area contributed by atoms with Crippen molar-refractivity contribution in [3.63, 3.8) is 0 Å². The average molecular weight is 269 g/mol. The van der Waals surface area contributed by atoms with Crippen LogP contribution in [0.25, 0.3) is 0 Å². The van der Waals surface area contributed by atoms with Crippen molar-refractivity contribution in [2.75, 3.05) is 0 Å². The van der Waals surface area contributed by atoms with Crippen molar-refractivity contribution in [1.29, 1.82) is 0 Å². The maximum Gasteiger partial charge on any atom is 0.304 e. The van der Waals surface area contributed by atoms with Gasteiger partial charge in [0.2, 0.25) is 5.91 Å². The van der Waals surface area contributed by atoms with Gasteiger partial charge in [-0.25, -0.2) is 0 Å². The van der Waals surface area contributed by atoms with Gasteiger partial charge in [-0.15, -0.1) is 0 Å². The summed E-state index contributed by atoms with van der Waals surface area (Å²) in [6.07, 6.45) is -0.119. The minimum Gasteiger partial charge on any atom is -0.481 e. The first-order valence-electron chi connectivity index (χ1n) is 5.38. The van der Waals surface area contributed by atoms with Gasteiger partial charge in [-0.05, 0) is 17.7 Å². The Kier molecular flexibility index (Phi) is 5.03. The molecule has 1 amide bonds. The van der Waals surface area contributed by atoms with Crippen molar-refractivity contribution < 1.29 is 18.9 Å². The van der Waals surface area contributed by atoms with Gasteiger partial charge in [-0.3, -0.25) is 13.8 Å². The Morgan fingerprint density at radius 2 is 1.89 bits per heavy atom. The van der Waals surface area contributed by atoms with Crippen LogP contribution in [0.2, 0.25) is 0 Å². The number of aliphatic carboxylic acids is 1. The Morgan fingerprint density at radius 1 is 1.33 bits per heavy atom. The van der Waals surface area contributed by atoms with Gasteiger partial charge in [-0.1, -0.05) is 19.1 Å². The summed E-state index contributed by atoms with van der Waals surface area (Å²) in [4.78, 5) is 21.4. The molecule has 0 aromatic heterocycles. The van der Waals surface area contributed by atoms with Crippen LogP contribution in [0.3, 0.4) is 0 Å². The summed E-state index contributed by atoms with van der Waals surface area (Å²) < 4.78 is 11.8. The molecule has 0 fully saturated rings. The lowest BCUT2D eigenvalue weighted by Gasteiger charge is -2.09. The van der Waals surface area contributed by atoms with E-state index >= 15 is 0 Å². The zero-order chi connectivity index (χ0) is 13.7. The molecule has 5 nitrogen and oxygen atoms in total. The molecule has 0 aliphatic heterocycles. The van der Waals surface area contributed by atoms with Crippen LogP contribution in [0.15, 0.2) is 24.3 Å². The second-order valence-electron chi connectivity index (χ2n) is 3.99. The Morgan fingerprint density at radius 3 is 2.33 bits per heavy atom. The molecule has 18 heavy (non-hydrogen) atoms. The largest absolute Gasteiger partial charge is 0.481 e. The first kappa shape index (κ1) is 14.4. The van der Waals surface area contributed by atoms with E-state index in [-0.39, 0.29) is 12.2 Å². The highest BCUT2D eigenvalue weighted by atomic mass is 32.2. The number of primary amides is 1. The summed E-state index contributed by atoms with van der Waals surface area (Å²) in [5.41, 5.74) is 6.28. The molecule has 98 valence electrons. The topological polar surface area (TPSA) is 97.5 Å². The fraction of sp³-hybridized carbons (Fsp3) is 0.333. The first-order chi connectivity index (χ1) is 8.40. The van der Waals surface area contributed by atoms with E-state index in [0.717, 1.165) is 5.56 Å². The van der Waals surface area contributed by atoms with Gasteiger partial charge >= 0.3 is 5.97 Å². The molecule has 0 saturated carbocycles. The van der Waals surface area contributed by atoms with Crippen LogP contribution in [0.1, 0.15) is 29.3 Å². The number of benzene rings is 1. The van der Waals surface area contributed by atoms with Crippen LogP contribution in [0.4, 0.5) is 0 Å². The van der Waals surface area contributed by atoms with Crippen LogP contribution >= 0.6 is 0 Å². The molecule has 0 heterocycles. The van der Waals surface area contributed by atoms with Crippen molar-refractivity contribution in [2.24, 2.45) is 5.73 Å². The molecule has 2 atom stereocenters. The van der Waals surface area contributed by atoms with Crippen LogP contribution in [-0.4, -0.2) is 26.4 Å². The van der Waals surface area contributed by atoms with Crippen molar-refractivity contribution in [3.05, 3.63) is 35.4 Å². The molecule has 6 heteroatoms. The summed E-state index contributed by atoms with van der Waals surface area (Å²) in [7, 11) is -1.25. The van der Waals surface area contributed by atoms with Crippen molar-refractivity contribution in [2.45, 2.75) is 24.3 Å². The third-order valence-electron chi connectivity index (χ3n) is 2.46.